The molecule has 0 bridgehead atoms. The van der Waals surface area contributed by atoms with Crippen molar-refractivity contribution in [2.75, 3.05) is 6.61 Å². The summed E-state index contributed by atoms with van der Waals surface area (Å²) in [6, 6.07) is 15.2. The number of aryl methyl sites for hydroxylation is 1. The first-order valence-corrected chi connectivity index (χ1v) is 10.9. The Morgan fingerprint density at radius 3 is 2.65 bits per heavy atom. The molecule has 0 fully saturated rings. The Hall–Kier alpha value is -1.02. The molecule has 2 aromatic carbocycles. The van der Waals surface area contributed by atoms with Crippen LogP contribution in [0.2, 0.25) is 5.32 Å². The molecule has 0 aliphatic carbocycles. The molecule has 0 saturated heterocycles. The maximum absolute atomic E-state index is 6.05. The van der Waals surface area contributed by atoms with Crippen LogP contribution in [0.25, 0.3) is 10.0 Å². The number of hydrogen-bond donors (Lipinski definition) is 0. The monoisotopic (exact) mass is 436 g/mol. The summed E-state index contributed by atoms with van der Waals surface area (Å²) in [5.74, 6) is 1.05. The molecule has 0 unspecified atom stereocenters. The molecular formula is C20H21BrOSe. The van der Waals surface area contributed by atoms with Crippen molar-refractivity contribution in [3.63, 3.8) is 0 Å². The van der Waals surface area contributed by atoms with E-state index in [4.69, 9.17) is 4.74 Å². The van der Waals surface area contributed by atoms with Gasteiger partial charge in [-0.1, -0.05) is 0 Å². The zero-order valence-electron chi connectivity index (χ0n) is 13.6. The van der Waals surface area contributed by atoms with Crippen LogP contribution in [0.5, 0.6) is 5.75 Å². The van der Waals surface area contributed by atoms with Gasteiger partial charge in [0.2, 0.25) is 0 Å². The van der Waals surface area contributed by atoms with E-state index >= 15 is 0 Å². The Bertz CT molecular complexity index is 719. The first-order chi connectivity index (χ1) is 11.2. The third-order valence-corrected chi connectivity index (χ3v) is 7.11. The molecule has 1 heterocycles. The van der Waals surface area contributed by atoms with Crippen molar-refractivity contribution < 1.29 is 4.74 Å². The van der Waals surface area contributed by atoms with Crippen LogP contribution in [0.15, 0.2) is 46.9 Å². The molecule has 1 nitrogen and oxygen atoms in total. The fourth-order valence-electron chi connectivity index (χ4n) is 2.67. The summed E-state index contributed by atoms with van der Waals surface area (Å²) in [6.45, 7) is 5.11. The van der Waals surface area contributed by atoms with E-state index in [-0.39, 0.29) is 0 Å². The van der Waals surface area contributed by atoms with E-state index in [9.17, 15) is 0 Å². The summed E-state index contributed by atoms with van der Waals surface area (Å²) in [7, 11) is 0. The van der Waals surface area contributed by atoms with Gasteiger partial charge in [-0.2, -0.15) is 0 Å². The Labute approximate surface area is 153 Å². The van der Waals surface area contributed by atoms with Gasteiger partial charge in [0.05, 0.1) is 0 Å². The van der Waals surface area contributed by atoms with E-state index in [0.717, 1.165) is 10.2 Å². The predicted molar refractivity (Wildman–Crippen MR) is 103 cm³/mol. The van der Waals surface area contributed by atoms with Crippen LogP contribution in [-0.2, 0) is 0 Å². The average molecular weight is 436 g/mol. The van der Waals surface area contributed by atoms with E-state index in [1.165, 1.54) is 44.9 Å². The van der Waals surface area contributed by atoms with Gasteiger partial charge < -0.3 is 0 Å². The van der Waals surface area contributed by atoms with Crippen LogP contribution >= 0.6 is 15.9 Å². The molecule has 0 aromatic heterocycles. The Kier molecular flexibility index (Phi) is 5.63. The zero-order chi connectivity index (χ0) is 16.2. The molecule has 3 heteroatoms. The van der Waals surface area contributed by atoms with Crippen molar-refractivity contribution in [3.05, 3.63) is 63.6 Å². The second-order valence-electron chi connectivity index (χ2n) is 5.80. The SMILES string of the molecule is CCCC[Se]C1=C(c2ccc(Br)cc2)COc2ccc(C)cc21. The van der Waals surface area contributed by atoms with E-state index in [0.29, 0.717) is 21.6 Å². The number of ether oxygens (including phenoxy) is 1. The maximum atomic E-state index is 6.05. The third-order valence-electron chi connectivity index (χ3n) is 3.96. The van der Waals surface area contributed by atoms with Crippen molar-refractivity contribution in [2.24, 2.45) is 0 Å². The molecule has 2 aromatic rings. The topological polar surface area (TPSA) is 9.23 Å². The minimum atomic E-state index is 0.491. The predicted octanol–water partition coefficient (Wildman–Crippen LogP) is 5.94. The van der Waals surface area contributed by atoms with E-state index < -0.39 is 0 Å². The van der Waals surface area contributed by atoms with Gasteiger partial charge in [-0.25, -0.2) is 0 Å². The van der Waals surface area contributed by atoms with Gasteiger partial charge in [-0.3, -0.25) is 0 Å². The summed E-state index contributed by atoms with van der Waals surface area (Å²) in [5, 5.41) is 1.30. The van der Waals surface area contributed by atoms with Gasteiger partial charge in [0.25, 0.3) is 0 Å². The van der Waals surface area contributed by atoms with Crippen LogP contribution in [0.4, 0.5) is 0 Å². The molecule has 0 amide bonds. The quantitative estimate of drug-likeness (QED) is 0.417. The molecule has 3 rings (SSSR count). The van der Waals surface area contributed by atoms with E-state index in [1.807, 2.05) is 0 Å². The fourth-order valence-corrected chi connectivity index (χ4v) is 5.67. The molecule has 120 valence electrons. The number of unbranched alkanes of at least 4 members (excludes halogenated alkanes) is 1. The van der Waals surface area contributed by atoms with Crippen LogP contribution in [0, 0.1) is 6.92 Å². The Morgan fingerprint density at radius 2 is 1.91 bits per heavy atom. The standard InChI is InChI=1S/C20H21BrOSe/c1-3-4-11-23-20-17-12-14(2)5-10-19(17)22-13-18(20)15-6-8-16(21)9-7-15/h5-10,12H,3-4,11,13H2,1-2H3. The summed E-state index contributed by atoms with van der Waals surface area (Å²) in [5.41, 5.74) is 5.26. The number of halogens is 1. The first-order valence-electron chi connectivity index (χ1n) is 8.04. The van der Waals surface area contributed by atoms with Crippen LogP contribution in [-0.4, -0.2) is 21.6 Å². The summed E-state index contributed by atoms with van der Waals surface area (Å²) < 4.78 is 8.70. The number of benzene rings is 2. The van der Waals surface area contributed by atoms with Crippen LogP contribution in [0.3, 0.4) is 0 Å². The van der Waals surface area contributed by atoms with Gasteiger partial charge in [0.15, 0.2) is 0 Å². The van der Waals surface area contributed by atoms with Crippen molar-refractivity contribution in [3.8, 4) is 5.75 Å². The summed E-state index contributed by atoms with van der Waals surface area (Å²) >= 11 is 4.02. The van der Waals surface area contributed by atoms with Crippen molar-refractivity contribution >= 4 is 40.9 Å². The van der Waals surface area contributed by atoms with Crippen molar-refractivity contribution in [2.45, 2.75) is 32.0 Å². The molecule has 0 N–H and O–H groups in total. The van der Waals surface area contributed by atoms with Crippen molar-refractivity contribution in [1.82, 2.24) is 0 Å². The molecule has 0 atom stereocenters. The normalized spacial score (nSPS) is 13.7. The molecule has 0 radical (unpaired) electrons. The Balaban J connectivity index is 2.06. The number of hydrogen-bond acceptors (Lipinski definition) is 1. The van der Waals surface area contributed by atoms with Gasteiger partial charge in [-0.05, 0) is 0 Å². The average Bonchev–Trinajstić information content (AvgIpc) is 2.56. The second kappa shape index (κ2) is 7.70. The third kappa shape index (κ3) is 3.91. The van der Waals surface area contributed by atoms with Gasteiger partial charge in [0.1, 0.15) is 0 Å². The van der Waals surface area contributed by atoms with E-state index in [2.05, 4.69) is 72.2 Å². The number of rotatable bonds is 5. The van der Waals surface area contributed by atoms with Crippen molar-refractivity contribution in [1.29, 1.82) is 0 Å². The molecule has 0 spiro atoms. The number of fused-ring (bicyclic) bond motifs is 1. The first kappa shape index (κ1) is 16.8. The minimum absolute atomic E-state index is 0.491. The molecule has 0 saturated carbocycles. The second-order valence-corrected chi connectivity index (χ2v) is 9.04. The van der Waals surface area contributed by atoms with E-state index in [1.54, 1.807) is 0 Å². The Morgan fingerprint density at radius 1 is 1.13 bits per heavy atom. The van der Waals surface area contributed by atoms with Gasteiger partial charge >= 0.3 is 154 Å². The summed E-state index contributed by atoms with van der Waals surface area (Å²) in [6.07, 6.45) is 2.57. The van der Waals surface area contributed by atoms with Crippen LogP contribution < -0.4 is 4.74 Å². The summed E-state index contributed by atoms with van der Waals surface area (Å²) in [4.78, 5) is 0. The zero-order valence-corrected chi connectivity index (χ0v) is 16.9. The molecule has 1 aliphatic heterocycles. The fraction of sp³-hybridized carbons (Fsp3) is 0.300. The molecule has 23 heavy (non-hydrogen) atoms. The molecule has 1 aliphatic rings. The molecular weight excluding hydrogens is 415 g/mol. The van der Waals surface area contributed by atoms with Crippen LogP contribution in [0.1, 0.15) is 36.5 Å². The van der Waals surface area contributed by atoms with Gasteiger partial charge in [0, 0.05) is 0 Å². The van der Waals surface area contributed by atoms with Gasteiger partial charge in [-0.15, -0.1) is 0 Å².